The van der Waals surface area contributed by atoms with Gasteiger partial charge in [0, 0.05) is 5.92 Å². The summed E-state index contributed by atoms with van der Waals surface area (Å²) in [5, 5.41) is 0. The molecule has 0 radical (unpaired) electrons. The predicted molar refractivity (Wildman–Crippen MR) is 70.9 cm³/mol. The van der Waals surface area contributed by atoms with E-state index in [2.05, 4.69) is 0 Å². The molecule has 20 heavy (non-hydrogen) atoms. The summed E-state index contributed by atoms with van der Waals surface area (Å²) in [5.41, 5.74) is 0.381. The largest absolute Gasteiger partial charge is 0.352 e. The predicted octanol–water partition coefficient (Wildman–Crippen LogP) is 0.792. The van der Waals surface area contributed by atoms with Crippen LogP contribution in [0.15, 0.2) is 39.9 Å². The van der Waals surface area contributed by atoms with Crippen LogP contribution in [-0.4, -0.2) is 13.9 Å². The van der Waals surface area contributed by atoms with Crippen LogP contribution in [0.1, 0.15) is 18.5 Å². The van der Waals surface area contributed by atoms with Crippen LogP contribution in [0.4, 0.5) is 0 Å². The van der Waals surface area contributed by atoms with Crippen molar-refractivity contribution in [2.45, 2.75) is 18.5 Å². The fourth-order valence-electron chi connectivity index (χ4n) is 5.57. The highest BCUT2D eigenvalue weighted by molar-refractivity contribution is 5.33. The molecule has 6 bridgehead atoms. The quantitative estimate of drug-likeness (QED) is 0.767. The molecule has 1 aromatic carbocycles. The molecule has 4 unspecified atom stereocenters. The van der Waals surface area contributed by atoms with Crippen LogP contribution in [-0.2, 0) is 0 Å². The van der Waals surface area contributed by atoms with Gasteiger partial charge in [-0.3, -0.25) is 0 Å². The minimum absolute atomic E-state index is 0.148. The lowest BCUT2D eigenvalue weighted by Gasteiger charge is -2.12. The lowest BCUT2D eigenvalue weighted by atomic mass is 10.1. The van der Waals surface area contributed by atoms with E-state index >= 15 is 0 Å². The standard InChI is InChI=1S/C15H13N3O2/c19-14-16(7-4-2-1-3-5-7)15(20)18-13-9-6-8-10(11(8)13)12(9)17(14)18/h1-5,8-13H,6H2. The lowest BCUT2D eigenvalue weighted by Crippen LogP contribution is -2.30. The topological polar surface area (TPSA) is 48.9 Å². The molecule has 4 aliphatic carbocycles. The molecule has 0 saturated heterocycles. The van der Waals surface area contributed by atoms with E-state index < -0.39 is 0 Å². The van der Waals surface area contributed by atoms with Gasteiger partial charge in [0.2, 0.25) is 0 Å². The molecule has 1 aliphatic heterocycles. The second-order valence-corrected chi connectivity index (χ2v) is 6.62. The molecule has 0 N–H and O–H groups in total. The second-order valence-electron chi connectivity index (χ2n) is 6.62. The number of benzene rings is 1. The Morgan fingerprint density at radius 3 is 2.00 bits per heavy atom. The Bertz CT molecular complexity index is 825. The zero-order valence-corrected chi connectivity index (χ0v) is 10.7. The van der Waals surface area contributed by atoms with E-state index in [0.29, 0.717) is 35.5 Å². The Kier molecular flexibility index (Phi) is 1.33. The number of fused-ring (bicyclic) bond motifs is 1. The third kappa shape index (κ3) is 0.773. The molecule has 4 fully saturated rings. The van der Waals surface area contributed by atoms with E-state index in [9.17, 15) is 9.59 Å². The average molecular weight is 267 g/mol. The summed E-state index contributed by atoms with van der Waals surface area (Å²) < 4.78 is 4.89. The van der Waals surface area contributed by atoms with Gasteiger partial charge in [-0.25, -0.2) is 23.5 Å². The summed E-state index contributed by atoms with van der Waals surface area (Å²) in [6.07, 6.45) is 1.23. The van der Waals surface area contributed by atoms with Crippen molar-refractivity contribution in [3.63, 3.8) is 0 Å². The van der Waals surface area contributed by atoms with E-state index in [4.69, 9.17) is 0 Å². The third-order valence-electron chi connectivity index (χ3n) is 6.09. The monoisotopic (exact) mass is 267 g/mol. The van der Waals surface area contributed by atoms with Crippen molar-refractivity contribution in [3.05, 3.63) is 51.3 Å². The van der Waals surface area contributed by atoms with Crippen molar-refractivity contribution >= 4 is 0 Å². The maximum absolute atomic E-state index is 12.7. The van der Waals surface area contributed by atoms with Crippen LogP contribution in [0, 0.1) is 23.7 Å². The van der Waals surface area contributed by atoms with Crippen LogP contribution in [0.25, 0.3) is 5.69 Å². The SMILES string of the molecule is O=c1n(-c2ccccc2)c(=O)n2n1C1C3CC4C1C4C32. The van der Waals surface area contributed by atoms with Gasteiger partial charge < -0.3 is 0 Å². The van der Waals surface area contributed by atoms with Gasteiger partial charge >= 0.3 is 11.4 Å². The van der Waals surface area contributed by atoms with Crippen molar-refractivity contribution in [2.75, 3.05) is 0 Å². The Morgan fingerprint density at radius 2 is 1.45 bits per heavy atom. The molecule has 100 valence electrons. The molecule has 2 heterocycles. The van der Waals surface area contributed by atoms with Gasteiger partial charge in [0.15, 0.2) is 0 Å². The number of nitrogens with zero attached hydrogens (tertiary/aromatic N) is 3. The van der Waals surface area contributed by atoms with Crippen molar-refractivity contribution in [2.24, 2.45) is 23.7 Å². The number of aromatic nitrogens is 3. The average Bonchev–Trinajstić information content (AvgIpc) is 2.89. The van der Waals surface area contributed by atoms with Gasteiger partial charge in [-0.15, -0.1) is 0 Å². The van der Waals surface area contributed by atoms with Gasteiger partial charge in [-0.05, 0) is 36.3 Å². The van der Waals surface area contributed by atoms with Crippen LogP contribution >= 0.6 is 0 Å². The van der Waals surface area contributed by atoms with E-state index in [1.165, 1.54) is 11.0 Å². The Morgan fingerprint density at radius 1 is 0.850 bits per heavy atom. The fourth-order valence-corrected chi connectivity index (χ4v) is 5.57. The molecule has 4 saturated carbocycles. The Labute approximate surface area is 114 Å². The highest BCUT2D eigenvalue weighted by Crippen LogP contribution is 2.80. The van der Waals surface area contributed by atoms with E-state index in [-0.39, 0.29) is 11.4 Å². The normalized spacial score (nSPS) is 41.2. The number of rotatable bonds is 1. The van der Waals surface area contributed by atoms with Gasteiger partial charge in [-0.1, -0.05) is 18.2 Å². The first-order valence-electron chi connectivity index (χ1n) is 7.30. The highest BCUT2D eigenvalue weighted by atomic mass is 16.2. The molecule has 5 aliphatic rings. The minimum atomic E-state index is -0.148. The molecule has 7 rings (SSSR count). The maximum Gasteiger partial charge on any atom is 0.352 e. The summed E-state index contributed by atoms with van der Waals surface area (Å²) in [6.45, 7) is 0. The molecule has 1 aromatic heterocycles. The van der Waals surface area contributed by atoms with Crippen LogP contribution < -0.4 is 11.4 Å². The van der Waals surface area contributed by atoms with E-state index in [1.807, 2.05) is 30.3 Å². The zero-order valence-electron chi connectivity index (χ0n) is 10.7. The first kappa shape index (κ1) is 9.80. The number of para-hydroxylation sites is 1. The van der Waals surface area contributed by atoms with Crippen molar-refractivity contribution in [1.82, 2.24) is 13.9 Å². The summed E-state index contributed by atoms with van der Waals surface area (Å²) >= 11 is 0. The zero-order chi connectivity index (χ0) is 13.2. The van der Waals surface area contributed by atoms with Crippen LogP contribution in [0.2, 0.25) is 0 Å². The minimum Gasteiger partial charge on any atom is -0.245 e. The fraction of sp³-hybridized carbons (Fsp3) is 0.467. The summed E-state index contributed by atoms with van der Waals surface area (Å²) in [4.78, 5) is 25.4. The molecule has 0 amide bonds. The summed E-state index contributed by atoms with van der Waals surface area (Å²) in [7, 11) is 0. The Hall–Kier alpha value is -2.04. The Balaban J connectivity index is 1.68. The van der Waals surface area contributed by atoms with Crippen LogP contribution in [0.3, 0.4) is 0 Å². The lowest BCUT2D eigenvalue weighted by molar-refractivity contribution is 0.358. The smallest absolute Gasteiger partial charge is 0.245 e. The molecule has 4 atom stereocenters. The molecule has 5 nitrogen and oxygen atoms in total. The van der Waals surface area contributed by atoms with Crippen molar-refractivity contribution in [1.29, 1.82) is 0 Å². The first-order chi connectivity index (χ1) is 9.79. The summed E-state index contributed by atoms with van der Waals surface area (Å²) in [6, 6.07) is 9.86. The van der Waals surface area contributed by atoms with E-state index in [1.54, 1.807) is 9.36 Å². The van der Waals surface area contributed by atoms with Gasteiger partial charge in [0.05, 0.1) is 17.8 Å². The van der Waals surface area contributed by atoms with Crippen LogP contribution in [0.5, 0.6) is 0 Å². The van der Waals surface area contributed by atoms with Gasteiger partial charge in [-0.2, -0.15) is 0 Å². The molecule has 2 aromatic rings. The maximum atomic E-state index is 12.7. The molecule has 5 heteroatoms. The number of hydrogen-bond donors (Lipinski definition) is 0. The second kappa shape index (κ2) is 2.71. The summed E-state index contributed by atoms with van der Waals surface area (Å²) in [5.74, 6) is 2.73. The van der Waals surface area contributed by atoms with Crippen molar-refractivity contribution < 1.29 is 0 Å². The first-order valence-corrected chi connectivity index (χ1v) is 7.30. The number of hydrogen-bond acceptors (Lipinski definition) is 2. The molecular formula is C15H13N3O2. The van der Waals surface area contributed by atoms with Crippen molar-refractivity contribution in [3.8, 4) is 5.69 Å². The highest BCUT2D eigenvalue weighted by Gasteiger charge is 2.79. The van der Waals surface area contributed by atoms with Gasteiger partial charge in [0.1, 0.15) is 0 Å². The van der Waals surface area contributed by atoms with Gasteiger partial charge in [0.25, 0.3) is 0 Å². The molecule has 0 spiro atoms. The van der Waals surface area contributed by atoms with E-state index in [0.717, 1.165) is 5.92 Å². The molecular weight excluding hydrogens is 254 g/mol. The third-order valence-corrected chi connectivity index (χ3v) is 6.09.